The van der Waals surface area contributed by atoms with E-state index in [1.165, 1.54) is 11.6 Å². The van der Waals surface area contributed by atoms with E-state index in [1.807, 2.05) is 17.6 Å². The summed E-state index contributed by atoms with van der Waals surface area (Å²) in [5.41, 5.74) is 10.0. The van der Waals surface area contributed by atoms with Gasteiger partial charge in [0.25, 0.3) is 11.6 Å². The van der Waals surface area contributed by atoms with Crippen LogP contribution in [-0.2, 0) is 0 Å². The smallest absolute Gasteiger partial charge is 0.278 e. The Morgan fingerprint density at radius 2 is 1.91 bits per heavy atom. The van der Waals surface area contributed by atoms with E-state index < -0.39 is 11.9 Å². The molecule has 0 radical (unpaired) electrons. The Morgan fingerprint density at radius 3 is 2.59 bits per heavy atom. The van der Waals surface area contributed by atoms with Gasteiger partial charge in [-0.25, -0.2) is 4.98 Å². The summed E-state index contributed by atoms with van der Waals surface area (Å²) in [4.78, 5) is 32.6. The van der Waals surface area contributed by atoms with Gasteiger partial charge in [0.15, 0.2) is 5.69 Å². The van der Waals surface area contributed by atoms with Crippen LogP contribution in [0.1, 0.15) is 71.5 Å². The number of benzene rings is 2. The predicted molar refractivity (Wildman–Crippen MR) is 120 cm³/mol. The van der Waals surface area contributed by atoms with Gasteiger partial charge in [-0.2, -0.15) is 0 Å². The lowest BCUT2D eigenvalue weighted by Crippen LogP contribution is -2.19. The molecule has 8 heteroatoms. The molecule has 1 aliphatic heterocycles. The summed E-state index contributed by atoms with van der Waals surface area (Å²) in [5.74, 6) is 0.531. The number of nitro benzene ring substituents is 1. The molecule has 1 fully saturated rings. The van der Waals surface area contributed by atoms with Crippen molar-refractivity contribution >= 4 is 17.3 Å². The van der Waals surface area contributed by atoms with E-state index in [0.717, 1.165) is 24.1 Å². The number of carbonyl (C=O) groups is 1. The zero-order valence-electron chi connectivity index (χ0n) is 17.9. The number of rotatable bonds is 4. The van der Waals surface area contributed by atoms with Crippen LogP contribution in [0.2, 0.25) is 0 Å². The summed E-state index contributed by atoms with van der Waals surface area (Å²) in [6, 6.07) is 12.3. The molecule has 0 unspecified atom stereocenters. The van der Waals surface area contributed by atoms with Crippen LogP contribution in [-0.4, -0.2) is 26.1 Å². The Labute approximate surface area is 185 Å². The van der Waals surface area contributed by atoms with E-state index in [4.69, 9.17) is 10.7 Å². The number of nitrogens with two attached hydrogens (primary N) is 1. The fourth-order valence-corrected chi connectivity index (χ4v) is 4.89. The number of hydrogen-bond acceptors (Lipinski definition) is 5. The number of primary amides is 1. The Bertz CT molecular complexity index is 1290. The van der Waals surface area contributed by atoms with Crippen LogP contribution in [0.25, 0.3) is 5.69 Å². The first-order chi connectivity index (χ1) is 15.3. The van der Waals surface area contributed by atoms with Crippen molar-refractivity contribution < 1.29 is 9.72 Å². The fraction of sp³-hybridized carbons (Fsp3) is 0.292. The van der Waals surface area contributed by atoms with Crippen molar-refractivity contribution in [1.29, 1.82) is 0 Å². The molecular formula is C24H23N5O3. The number of aliphatic imine (C=N–C) groups is 1. The van der Waals surface area contributed by atoms with Crippen LogP contribution < -0.4 is 5.73 Å². The van der Waals surface area contributed by atoms with Gasteiger partial charge in [-0.3, -0.25) is 24.5 Å². The maximum atomic E-state index is 12.0. The highest BCUT2D eigenvalue weighted by Gasteiger charge is 2.32. The van der Waals surface area contributed by atoms with Gasteiger partial charge in [-0.1, -0.05) is 25.1 Å². The summed E-state index contributed by atoms with van der Waals surface area (Å²) in [6.07, 6.45) is 3.82. The fourth-order valence-electron chi connectivity index (χ4n) is 4.89. The standard InChI is InChI=1S/C24H23N5O3/c1-13-9-16(10-13)15-7-8-19-18(11-15)21(17-5-3-4-6-20(17)29(31)32)27-14(2)23-22(24(25)30)26-12-28(19)23/h3-8,11-14,16H,9-10H2,1-2H3,(H2,25,30)/t13?,14-,16?/m1/s1. The second-order valence-electron chi connectivity index (χ2n) is 8.69. The summed E-state index contributed by atoms with van der Waals surface area (Å²) in [7, 11) is 0. The zero-order chi connectivity index (χ0) is 22.6. The molecule has 1 atom stereocenters. The van der Waals surface area contributed by atoms with Crippen molar-refractivity contribution in [1.82, 2.24) is 9.55 Å². The Balaban J connectivity index is 1.78. The predicted octanol–water partition coefficient (Wildman–Crippen LogP) is 4.30. The third kappa shape index (κ3) is 3.10. The maximum absolute atomic E-state index is 12.0. The Kier molecular flexibility index (Phi) is 4.65. The van der Waals surface area contributed by atoms with Crippen LogP contribution in [0.5, 0.6) is 0 Å². The molecule has 2 aromatic carbocycles. The van der Waals surface area contributed by atoms with Crippen molar-refractivity contribution in [3.05, 3.63) is 87.0 Å². The van der Waals surface area contributed by atoms with Crippen molar-refractivity contribution in [2.45, 2.75) is 38.6 Å². The number of hydrogen-bond donors (Lipinski definition) is 1. The van der Waals surface area contributed by atoms with Gasteiger partial charge >= 0.3 is 0 Å². The van der Waals surface area contributed by atoms with E-state index in [1.54, 1.807) is 24.5 Å². The van der Waals surface area contributed by atoms with Gasteiger partial charge in [0.1, 0.15) is 6.33 Å². The number of carbonyl (C=O) groups excluding carboxylic acids is 1. The molecule has 8 nitrogen and oxygen atoms in total. The van der Waals surface area contributed by atoms with E-state index in [2.05, 4.69) is 24.0 Å². The highest BCUT2D eigenvalue weighted by atomic mass is 16.6. The largest absolute Gasteiger partial charge is 0.364 e. The number of para-hydroxylation sites is 1. The van der Waals surface area contributed by atoms with Crippen LogP contribution in [0.15, 0.2) is 53.8 Å². The normalized spacial score (nSPS) is 21.6. The molecule has 2 heterocycles. The van der Waals surface area contributed by atoms with Gasteiger partial charge in [-0.05, 0) is 55.4 Å². The van der Waals surface area contributed by atoms with Gasteiger partial charge in [0, 0.05) is 11.6 Å². The minimum absolute atomic E-state index is 0.00750. The number of imidazole rings is 1. The average molecular weight is 429 g/mol. The van der Waals surface area contributed by atoms with Crippen LogP contribution in [0, 0.1) is 16.0 Å². The minimum Gasteiger partial charge on any atom is -0.364 e. The molecule has 5 rings (SSSR count). The average Bonchev–Trinajstić information content (AvgIpc) is 3.16. The molecule has 32 heavy (non-hydrogen) atoms. The number of amides is 1. The summed E-state index contributed by atoms with van der Waals surface area (Å²) in [6.45, 7) is 4.08. The molecule has 2 N–H and O–H groups in total. The first-order valence-corrected chi connectivity index (χ1v) is 10.7. The first kappa shape index (κ1) is 20.1. The Morgan fingerprint density at radius 1 is 1.16 bits per heavy atom. The first-order valence-electron chi connectivity index (χ1n) is 10.7. The SMILES string of the molecule is CC1CC(c2ccc3c(c2)C(c2ccccc2[N+](=O)[O-])=N[C@H](C)c2c(C(N)=O)ncn2-3)C1. The van der Waals surface area contributed by atoms with Crippen LogP contribution in [0.4, 0.5) is 5.69 Å². The molecule has 0 spiro atoms. The van der Waals surface area contributed by atoms with Crippen molar-refractivity contribution in [3.8, 4) is 5.69 Å². The number of aromatic nitrogens is 2. The summed E-state index contributed by atoms with van der Waals surface area (Å²) >= 11 is 0. The molecule has 1 amide bonds. The van der Waals surface area contributed by atoms with Crippen molar-refractivity contribution in [3.63, 3.8) is 0 Å². The van der Waals surface area contributed by atoms with Gasteiger partial charge in [-0.15, -0.1) is 0 Å². The third-order valence-electron chi connectivity index (χ3n) is 6.49. The molecule has 3 aromatic rings. The molecule has 1 aromatic heterocycles. The third-order valence-corrected chi connectivity index (χ3v) is 6.49. The molecular weight excluding hydrogens is 406 g/mol. The molecule has 1 aliphatic carbocycles. The quantitative estimate of drug-likeness (QED) is 0.491. The highest BCUT2D eigenvalue weighted by Crippen LogP contribution is 2.43. The number of nitrogens with zero attached hydrogens (tertiary/aromatic N) is 4. The minimum atomic E-state index is -0.628. The van der Waals surface area contributed by atoms with Crippen LogP contribution >= 0.6 is 0 Å². The number of fused-ring (bicyclic) bond motifs is 3. The van der Waals surface area contributed by atoms with E-state index in [0.29, 0.717) is 28.8 Å². The molecule has 0 saturated heterocycles. The zero-order valence-corrected chi connectivity index (χ0v) is 17.9. The van der Waals surface area contributed by atoms with Crippen molar-refractivity contribution in [2.75, 3.05) is 0 Å². The van der Waals surface area contributed by atoms with E-state index in [-0.39, 0.29) is 16.3 Å². The van der Waals surface area contributed by atoms with Gasteiger partial charge in [0.05, 0.1) is 33.6 Å². The van der Waals surface area contributed by atoms with E-state index >= 15 is 0 Å². The molecule has 0 bridgehead atoms. The second-order valence-corrected chi connectivity index (χ2v) is 8.69. The Hall–Kier alpha value is -3.81. The van der Waals surface area contributed by atoms with E-state index in [9.17, 15) is 14.9 Å². The maximum Gasteiger partial charge on any atom is 0.278 e. The van der Waals surface area contributed by atoms with Gasteiger partial charge < -0.3 is 5.73 Å². The topological polar surface area (TPSA) is 116 Å². The van der Waals surface area contributed by atoms with Crippen LogP contribution in [0.3, 0.4) is 0 Å². The lowest BCUT2D eigenvalue weighted by Gasteiger charge is -2.33. The van der Waals surface area contributed by atoms with Gasteiger partial charge in [0.2, 0.25) is 0 Å². The molecule has 2 aliphatic rings. The summed E-state index contributed by atoms with van der Waals surface area (Å²) < 4.78 is 1.83. The monoisotopic (exact) mass is 429 g/mol. The lowest BCUT2D eigenvalue weighted by atomic mass is 9.72. The number of nitro groups is 1. The lowest BCUT2D eigenvalue weighted by molar-refractivity contribution is -0.385. The molecule has 162 valence electrons. The van der Waals surface area contributed by atoms with Crippen molar-refractivity contribution in [2.24, 2.45) is 16.6 Å². The summed E-state index contributed by atoms with van der Waals surface area (Å²) in [5, 5.41) is 11.8. The molecule has 1 saturated carbocycles. The highest BCUT2D eigenvalue weighted by molar-refractivity contribution is 6.17. The second kappa shape index (κ2) is 7.40.